The molecule has 1 aromatic rings. The minimum atomic E-state index is -1.70. The lowest BCUT2D eigenvalue weighted by atomic mass is 9.80. The fraction of sp³-hybridized carbons (Fsp3) is 0.400. The topological polar surface area (TPSA) is 74.2 Å². The first-order valence-corrected chi connectivity index (χ1v) is 6.76. The molecule has 0 aliphatic carbocycles. The molecule has 1 aromatic carbocycles. The van der Waals surface area contributed by atoms with Gasteiger partial charge in [0.05, 0.1) is 19.4 Å². The van der Waals surface area contributed by atoms with Gasteiger partial charge in [-0.2, -0.15) is 0 Å². The molecule has 0 radical (unpaired) electrons. The van der Waals surface area contributed by atoms with E-state index in [1.54, 1.807) is 38.1 Å². The number of ether oxygens (including phenoxy) is 2. The molecule has 1 aliphatic rings. The van der Waals surface area contributed by atoms with Crippen LogP contribution in [-0.4, -0.2) is 31.4 Å². The Balaban J connectivity index is 2.44. The number of hydrogen-bond donors (Lipinski definition) is 0. The molecule has 2 rings (SSSR count). The molecule has 0 spiro atoms. The summed E-state index contributed by atoms with van der Waals surface area (Å²) in [6, 6.07) is 8.92. The lowest BCUT2D eigenvalue weighted by molar-refractivity contribution is -0.173. The molecular weight excluding hydrogens is 274 g/mol. The van der Waals surface area contributed by atoms with Crippen molar-refractivity contribution < 1.29 is 23.9 Å². The van der Waals surface area contributed by atoms with Crippen molar-refractivity contribution in [2.24, 2.45) is 10.6 Å². The summed E-state index contributed by atoms with van der Waals surface area (Å²) in [6.45, 7) is 3.63. The molecule has 6 nitrogen and oxygen atoms in total. The lowest BCUT2D eigenvalue weighted by Gasteiger charge is -2.26. The Labute approximate surface area is 122 Å². The fourth-order valence-corrected chi connectivity index (χ4v) is 2.18. The summed E-state index contributed by atoms with van der Waals surface area (Å²) in [5, 5.41) is 3.67. The summed E-state index contributed by atoms with van der Waals surface area (Å²) in [4.78, 5) is 30.0. The summed E-state index contributed by atoms with van der Waals surface area (Å²) >= 11 is 0. The predicted molar refractivity (Wildman–Crippen MR) is 74.5 cm³/mol. The van der Waals surface area contributed by atoms with Gasteiger partial charge in [-0.15, -0.1) is 0 Å². The monoisotopic (exact) mass is 291 g/mol. The molecule has 0 bridgehead atoms. The van der Waals surface area contributed by atoms with Crippen molar-refractivity contribution in [1.29, 1.82) is 0 Å². The number of rotatable bonds is 5. The normalized spacial score (nSPS) is 18.9. The van der Waals surface area contributed by atoms with Crippen molar-refractivity contribution in [3.8, 4) is 0 Å². The highest BCUT2D eigenvalue weighted by atomic mass is 16.7. The summed E-state index contributed by atoms with van der Waals surface area (Å²) in [7, 11) is 0. The second-order valence-electron chi connectivity index (χ2n) is 4.44. The van der Waals surface area contributed by atoms with Gasteiger partial charge in [-0.05, 0) is 19.4 Å². The number of hydrogen-bond acceptors (Lipinski definition) is 6. The second kappa shape index (κ2) is 6.39. The van der Waals surface area contributed by atoms with Crippen LogP contribution in [0.15, 0.2) is 35.5 Å². The Kier molecular flexibility index (Phi) is 4.57. The van der Waals surface area contributed by atoms with Crippen LogP contribution in [0.1, 0.15) is 25.5 Å². The van der Waals surface area contributed by atoms with Gasteiger partial charge in [-0.25, -0.2) is 0 Å². The van der Waals surface area contributed by atoms with Crippen LogP contribution in [0.3, 0.4) is 0 Å². The predicted octanol–water partition coefficient (Wildman–Crippen LogP) is 1.86. The molecular formula is C15H17NO5. The highest BCUT2D eigenvalue weighted by Gasteiger charge is 2.59. The van der Waals surface area contributed by atoms with E-state index in [9.17, 15) is 9.59 Å². The molecule has 1 aliphatic heterocycles. The minimum absolute atomic E-state index is 0.148. The van der Waals surface area contributed by atoms with Gasteiger partial charge < -0.3 is 14.3 Å². The van der Waals surface area contributed by atoms with Gasteiger partial charge >= 0.3 is 11.9 Å². The van der Waals surface area contributed by atoms with Crippen LogP contribution in [0.25, 0.3) is 0 Å². The number of oxime groups is 1. The van der Waals surface area contributed by atoms with Crippen LogP contribution in [0.2, 0.25) is 0 Å². The van der Waals surface area contributed by atoms with Gasteiger partial charge in [-0.1, -0.05) is 35.5 Å². The third-order valence-corrected chi connectivity index (χ3v) is 3.16. The van der Waals surface area contributed by atoms with E-state index in [1.807, 2.05) is 6.07 Å². The minimum Gasteiger partial charge on any atom is -0.465 e. The van der Waals surface area contributed by atoms with Gasteiger partial charge in [0.15, 0.2) is 6.10 Å². The molecule has 6 heteroatoms. The molecule has 112 valence electrons. The van der Waals surface area contributed by atoms with E-state index in [1.165, 1.54) is 6.21 Å². The quantitative estimate of drug-likeness (QED) is 0.611. The van der Waals surface area contributed by atoms with Crippen molar-refractivity contribution in [2.75, 3.05) is 13.2 Å². The number of esters is 2. The zero-order valence-corrected chi connectivity index (χ0v) is 11.9. The first-order valence-electron chi connectivity index (χ1n) is 6.76. The average molecular weight is 291 g/mol. The molecule has 1 heterocycles. The standard InChI is InChI=1S/C15H17NO5/c1-3-19-13(17)15(14(18)20-4-2)10-16-21-12(15)11-8-6-5-7-9-11/h5-10,12H,3-4H2,1-2H3. The Morgan fingerprint density at radius 1 is 1.14 bits per heavy atom. The van der Waals surface area contributed by atoms with Crippen LogP contribution in [-0.2, 0) is 23.9 Å². The first-order chi connectivity index (χ1) is 10.2. The number of carbonyl (C=O) groups is 2. The molecule has 0 fully saturated rings. The van der Waals surface area contributed by atoms with Gasteiger partial charge in [0.25, 0.3) is 0 Å². The number of benzene rings is 1. The largest absolute Gasteiger partial charge is 0.465 e. The van der Waals surface area contributed by atoms with Crippen LogP contribution in [0.4, 0.5) is 0 Å². The average Bonchev–Trinajstić information content (AvgIpc) is 2.94. The van der Waals surface area contributed by atoms with Crippen molar-refractivity contribution in [3.63, 3.8) is 0 Å². The molecule has 0 saturated heterocycles. The van der Waals surface area contributed by atoms with E-state index >= 15 is 0 Å². The maximum atomic E-state index is 12.4. The van der Waals surface area contributed by atoms with E-state index in [2.05, 4.69) is 5.16 Å². The van der Waals surface area contributed by atoms with Crippen LogP contribution < -0.4 is 0 Å². The molecule has 1 unspecified atom stereocenters. The third kappa shape index (κ3) is 2.61. The molecule has 0 saturated carbocycles. The smallest absolute Gasteiger partial charge is 0.333 e. The van der Waals surface area contributed by atoms with Gasteiger partial charge in [0.2, 0.25) is 5.41 Å². The van der Waals surface area contributed by atoms with Crippen LogP contribution >= 0.6 is 0 Å². The molecule has 1 atom stereocenters. The first kappa shape index (κ1) is 15.0. The Morgan fingerprint density at radius 3 is 2.24 bits per heavy atom. The van der Waals surface area contributed by atoms with Crippen molar-refractivity contribution in [3.05, 3.63) is 35.9 Å². The summed E-state index contributed by atoms with van der Waals surface area (Å²) in [5.41, 5.74) is -1.05. The van der Waals surface area contributed by atoms with E-state index < -0.39 is 23.5 Å². The highest BCUT2D eigenvalue weighted by Crippen LogP contribution is 2.42. The van der Waals surface area contributed by atoms with E-state index in [0.29, 0.717) is 5.56 Å². The van der Waals surface area contributed by atoms with Crippen molar-refractivity contribution >= 4 is 18.2 Å². The summed E-state index contributed by atoms with van der Waals surface area (Å²) in [5.74, 6) is -1.45. The third-order valence-electron chi connectivity index (χ3n) is 3.16. The molecule has 0 amide bonds. The highest BCUT2D eigenvalue weighted by molar-refractivity contribution is 6.16. The Hall–Kier alpha value is -2.37. The van der Waals surface area contributed by atoms with Crippen LogP contribution in [0, 0.1) is 5.41 Å². The maximum Gasteiger partial charge on any atom is 0.333 e. The van der Waals surface area contributed by atoms with Crippen molar-refractivity contribution in [2.45, 2.75) is 20.0 Å². The van der Waals surface area contributed by atoms with Gasteiger partial charge in [0, 0.05) is 0 Å². The molecule has 21 heavy (non-hydrogen) atoms. The lowest BCUT2D eigenvalue weighted by Crippen LogP contribution is -2.46. The zero-order chi connectivity index (χ0) is 15.3. The maximum absolute atomic E-state index is 12.4. The number of carbonyl (C=O) groups excluding carboxylic acids is 2. The summed E-state index contributed by atoms with van der Waals surface area (Å²) in [6.07, 6.45) is 0.275. The van der Waals surface area contributed by atoms with Crippen LogP contribution in [0.5, 0.6) is 0 Å². The van der Waals surface area contributed by atoms with Gasteiger partial charge in [0.1, 0.15) is 0 Å². The van der Waals surface area contributed by atoms with Gasteiger partial charge in [-0.3, -0.25) is 9.59 Å². The van der Waals surface area contributed by atoms with Crippen molar-refractivity contribution in [1.82, 2.24) is 0 Å². The Bertz CT molecular complexity index is 522. The molecule has 0 N–H and O–H groups in total. The number of nitrogens with zero attached hydrogens (tertiary/aromatic N) is 1. The Morgan fingerprint density at radius 2 is 1.71 bits per heavy atom. The van der Waals surface area contributed by atoms with E-state index in [4.69, 9.17) is 14.3 Å². The summed E-state index contributed by atoms with van der Waals surface area (Å²) < 4.78 is 10.1. The van der Waals surface area contributed by atoms with E-state index in [-0.39, 0.29) is 13.2 Å². The fourth-order valence-electron chi connectivity index (χ4n) is 2.18. The molecule has 0 aromatic heterocycles. The second-order valence-corrected chi connectivity index (χ2v) is 4.44. The SMILES string of the molecule is CCOC(=O)C1(C(=O)OCC)C=NOC1c1ccccc1. The zero-order valence-electron chi connectivity index (χ0n) is 11.9. The van der Waals surface area contributed by atoms with E-state index in [0.717, 1.165) is 0 Å².